The predicted octanol–water partition coefficient (Wildman–Crippen LogP) is 1.41. The average Bonchev–Trinajstić information content (AvgIpc) is 1.89. The van der Waals surface area contributed by atoms with E-state index in [-0.39, 0.29) is 18.9 Å². The van der Waals surface area contributed by atoms with Crippen LogP contribution in [-0.4, -0.2) is 18.9 Å². The summed E-state index contributed by atoms with van der Waals surface area (Å²) in [4.78, 5) is 0. The molecule has 0 heterocycles. The van der Waals surface area contributed by atoms with Gasteiger partial charge in [-0.3, -0.25) is 4.57 Å². The zero-order chi connectivity index (χ0) is 7.33. The van der Waals surface area contributed by atoms with E-state index in [9.17, 15) is 4.57 Å². The molecule has 0 spiro atoms. The monoisotopic (exact) mass is 144 g/mol. The summed E-state index contributed by atoms with van der Waals surface area (Å²) in [5.41, 5.74) is 0. The lowest BCUT2D eigenvalue weighted by Crippen LogP contribution is -1.94. The van der Waals surface area contributed by atoms with E-state index in [1.54, 1.807) is 0 Å². The molecule has 0 aliphatic carbocycles. The molecule has 0 amide bonds. The van der Waals surface area contributed by atoms with Crippen LogP contribution in [0.2, 0.25) is 0 Å². The van der Waals surface area contributed by atoms with E-state index >= 15 is 0 Å². The van der Waals surface area contributed by atoms with E-state index in [1.807, 2.05) is 0 Å². The lowest BCUT2D eigenvalue weighted by atomic mass is 10.9. The van der Waals surface area contributed by atoms with Gasteiger partial charge in [-0.15, -0.1) is 0 Å². The van der Waals surface area contributed by atoms with Crippen molar-refractivity contribution >= 4 is 7.37 Å². The summed E-state index contributed by atoms with van der Waals surface area (Å²) < 4.78 is 15.6. The first-order valence-electron chi connectivity index (χ1n) is 2.51. The molecular formula is C6H9O2P. The van der Waals surface area contributed by atoms with Crippen molar-refractivity contribution in [2.75, 3.05) is 18.9 Å². The van der Waals surface area contributed by atoms with Crippen LogP contribution in [0.4, 0.5) is 0 Å². The van der Waals surface area contributed by atoms with Gasteiger partial charge in [0.15, 0.2) is 0 Å². The molecule has 0 aliphatic heterocycles. The van der Waals surface area contributed by atoms with Crippen molar-refractivity contribution < 1.29 is 9.09 Å². The van der Waals surface area contributed by atoms with Crippen LogP contribution in [0.15, 0.2) is 0 Å². The number of hydrogen-bond donors (Lipinski definition) is 0. The summed E-state index contributed by atoms with van der Waals surface area (Å²) in [6.45, 7) is 15.0. The van der Waals surface area contributed by atoms with Crippen LogP contribution in [0.1, 0.15) is 0 Å². The second-order valence-corrected chi connectivity index (χ2v) is 4.09. The number of rotatable bonds is 4. The molecule has 3 heteroatoms. The summed E-state index contributed by atoms with van der Waals surface area (Å²) in [6.07, 6.45) is -0.0819. The Morgan fingerprint density at radius 1 is 1.22 bits per heavy atom. The third-order valence-corrected chi connectivity index (χ3v) is 2.60. The first kappa shape index (κ1) is 9.19. The molecule has 0 aromatic rings. The van der Waals surface area contributed by atoms with Crippen LogP contribution in [0.25, 0.3) is 0 Å². The van der Waals surface area contributed by atoms with Gasteiger partial charge in [0, 0.05) is 12.3 Å². The minimum absolute atomic E-state index is 0.0410. The Morgan fingerprint density at radius 2 is 1.67 bits per heavy atom. The Bertz CT molecular complexity index is 104. The second kappa shape index (κ2) is 4.08. The smallest absolute Gasteiger partial charge is 0.203 e. The summed E-state index contributed by atoms with van der Waals surface area (Å²) in [5, 5.41) is 0. The molecule has 0 bridgehead atoms. The van der Waals surface area contributed by atoms with Crippen LogP contribution in [0, 0.1) is 20.8 Å². The molecule has 0 rings (SSSR count). The van der Waals surface area contributed by atoms with Crippen molar-refractivity contribution in [3.63, 3.8) is 0 Å². The molecule has 0 unspecified atom stereocenters. The molecule has 0 fully saturated rings. The first-order valence-corrected chi connectivity index (χ1v) is 4.51. The highest BCUT2D eigenvalue weighted by atomic mass is 31.2. The summed E-state index contributed by atoms with van der Waals surface area (Å²) in [6, 6.07) is 0. The minimum atomic E-state index is -2.75. The summed E-state index contributed by atoms with van der Waals surface area (Å²) in [7, 11) is -2.75. The Labute approximate surface area is 57.1 Å². The average molecular weight is 144 g/mol. The van der Waals surface area contributed by atoms with Crippen molar-refractivity contribution in [2.45, 2.75) is 0 Å². The fourth-order valence-electron chi connectivity index (χ4n) is 0.316. The molecule has 0 aliphatic rings. The van der Waals surface area contributed by atoms with Crippen LogP contribution >= 0.6 is 7.37 Å². The van der Waals surface area contributed by atoms with Crippen molar-refractivity contribution in [3.8, 4) is 0 Å². The summed E-state index contributed by atoms with van der Waals surface area (Å²) >= 11 is 0. The van der Waals surface area contributed by atoms with E-state index in [2.05, 4.69) is 4.52 Å². The van der Waals surface area contributed by atoms with E-state index in [4.69, 9.17) is 20.8 Å². The molecule has 0 atom stereocenters. The zero-order valence-corrected chi connectivity index (χ0v) is 6.01. The normalized spacial score (nSPS) is 11.9. The van der Waals surface area contributed by atoms with Crippen molar-refractivity contribution in [1.29, 1.82) is 0 Å². The van der Waals surface area contributed by atoms with Gasteiger partial charge in [-0.2, -0.15) is 0 Å². The van der Waals surface area contributed by atoms with E-state index in [0.29, 0.717) is 0 Å². The van der Waals surface area contributed by atoms with Gasteiger partial charge >= 0.3 is 0 Å². The molecule has 0 saturated heterocycles. The third kappa shape index (κ3) is 3.02. The highest BCUT2D eigenvalue weighted by molar-refractivity contribution is 7.59. The highest BCUT2D eigenvalue weighted by Crippen LogP contribution is 2.44. The zero-order valence-electron chi connectivity index (χ0n) is 5.12. The number of hydrogen-bond acceptors (Lipinski definition) is 2. The Kier molecular flexibility index (Phi) is 4.16. The van der Waals surface area contributed by atoms with E-state index in [1.165, 1.54) is 0 Å². The highest BCUT2D eigenvalue weighted by Gasteiger charge is 2.15. The molecule has 2 nitrogen and oxygen atoms in total. The lowest BCUT2D eigenvalue weighted by Gasteiger charge is -2.11. The maximum Gasteiger partial charge on any atom is 0.203 e. The van der Waals surface area contributed by atoms with Crippen molar-refractivity contribution in [2.24, 2.45) is 0 Å². The maximum atomic E-state index is 11.0. The van der Waals surface area contributed by atoms with Crippen LogP contribution in [-0.2, 0) is 9.09 Å². The minimum Gasteiger partial charge on any atom is -0.328 e. The Balaban J connectivity index is 3.78. The molecule has 9 heavy (non-hydrogen) atoms. The predicted molar refractivity (Wildman–Crippen MR) is 36.2 cm³/mol. The molecule has 6 radical (unpaired) electrons. The second-order valence-electron chi connectivity index (χ2n) is 1.48. The van der Waals surface area contributed by atoms with Gasteiger partial charge in [0.05, 0.1) is 6.61 Å². The van der Waals surface area contributed by atoms with Gasteiger partial charge in [0.1, 0.15) is 0 Å². The van der Waals surface area contributed by atoms with Crippen molar-refractivity contribution in [3.05, 3.63) is 20.8 Å². The van der Waals surface area contributed by atoms with E-state index in [0.717, 1.165) is 0 Å². The largest absolute Gasteiger partial charge is 0.328 e. The van der Waals surface area contributed by atoms with Gasteiger partial charge in [-0.25, -0.2) is 0 Å². The molecule has 0 aromatic carbocycles. The van der Waals surface area contributed by atoms with Gasteiger partial charge in [-0.1, -0.05) is 0 Å². The Morgan fingerprint density at radius 3 is 1.78 bits per heavy atom. The standard InChI is InChI=1S/C6H9O2P/c1-4-8-9(7,5-2)6-3/h1-3H,4-6H2. The van der Waals surface area contributed by atoms with Gasteiger partial charge in [0.25, 0.3) is 0 Å². The maximum absolute atomic E-state index is 11.0. The fourth-order valence-corrected chi connectivity index (χ4v) is 0.947. The quantitative estimate of drug-likeness (QED) is 0.557. The topological polar surface area (TPSA) is 26.3 Å². The van der Waals surface area contributed by atoms with Crippen LogP contribution < -0.4 is 0 Å². The van der Waals surface area contributed by atoms with Gasteiger partial charge in [-0.05, 0) is 20.8 Å². The van der Waals surface area contributed by atoms with Crippen molar-refractivity contribution in [1.82, 2.24) is 0 Å². The molecule has 0 saturated carbocycles. The van der Waals surface area contributed by atoms with Crippen LogP contribution in [0.3, 0.4) is 0 Å². The summed E-state index contributed by atoms with van der Waals surface area (Å²) in [5.74, 6) is 0. The molecule has 50 valence electrons. The van der Waals surface area contributed by atoms with Crippen LogP contribution in [0.5, 0.6) is 0 Å². The third-order valence-electron chi connectivity index (χ3n) is 0.866. The SMILES string of the molecule is [CH]COP(=O)(C[CH])C[CH]. The first-order chi connectivity index (χ1) is 4.18. The van der Waals surface area contributed by atoms with Gasteiger partial charge in [0.2, 0.25) is 7.37 Å². The molecule has 0 aromatic heterocycles. The lowest BCUT2D eigenvalue weighted by molar-refractivity contribution is 0.355. The Hall–Kier alpha value is 0.190. The fraction of sp³-hybridized carbons (Fsp3) is 0.500. The molecular weight excluding hydrogens is 135 g/mol. The van der Waals surface area contributed by atoms with E-state index < -0.39 is 7.37 Å². The molecule has 0 N–H and O–H groups in total. The van der Waals surface area contributed by atoms with Gasteiger partial charge < -0.3 is 4.52 Å².